The van der Waals surface area contributed by atoms with Gasteiger partial charge in [0, 0.05) is 25.2 Å². The van der Waals surface area contributed by atoms with Crippen LogP contribution < -0.4 is 9.64 Å². The second-order valence-corrected chi connectivity index (χ2v) is 10.4. The topological polar surface area (TPSA) is 38.8 Å². The number of anilines is 1. The maximum atomic E-state index is 13.4. The first kappa shape index (κ1) is 22.9. The molecule has 34 heavy (non-hydrogen) atoms. The Bertz CT molecular complexity index is 1030. The number of para-hydroxylation sites is 1. The van der Waals surface area contributed by atoms with Gasteiger partial charge in [0.15, 0.2) is 6.10 Å². The van der Waals surface area contributed by atoms with Crippen molar-refractivity contribution in [1.29, 1.82) is 0 Å². The Morgan fingerprint density at radius 1 is 0.971 bits per heavy atom. The van der Waals surface area contributed by atoms with Crippen molar-refractivity contribution in [3.8, 4) is 5.75 Å². The summed E-state index contributed by atoms with van der Waals surface area (Å²) in [6, 6.07) is 24.1. The zero-order valence-electron chi connectivity index (χ0n) is 19.6. The van der Waals surface area contributed by atoms with E-state index in [-0.39, 0.29) is 12.2 Å². The molecule has 178 valence electrons. The summed E-state index contributed by atoms with van der Waals surface area (Å²) in [6.07, 6.45) is 3.04. The van der Waals surface area contributed by atoms with Gasteiger partial charge in [0.25, 0.3) is 0 Å². The summed E-state index contributed by atoms with van der Waals surface area (Å²) in [7, 11) is 0. The molecule has 0 N–H and O–H groups in total. The van der Waals surface area contributed by atoms with E-state index >= 15 is 0 Å². The van der Waals surface area contributed by atoms with E-state index in [1.165, 1.54) is 13.1 Å². The van der Waals surface area contributed by atoms with E-state index in [9.17, 15) is 4.79 Å². The van der Waals surface area contributed by atoms with Crippen molar-refractivity contribution in [2.75, 3.05) is 37.7 Å². The molecule has 1 atom stereocenters. The minimum absolute atomic E-state index is 0.0109. The summed E-state index contributed by atoms with van der Waals surface area (Å²) in [6.45, 7) is 5.61. The van der Waals surface area contributed by atoms with Crippen LogP contribution in [0.3, 0.4) is 0 Å². The van der Waals surface area contributed by atoms with Gasteiger partial charge in [0.1, 0.15) is 17.3 Å². The number of benzene rings is 2. The SMILES string of the molecule is O=C(O[C@H]1C[N+]2(CCCOc3ccccc3)CCC1CC2)N(Cc1ccccc1)c1cccs1. The minimum Gasteiger partial charge on any atom is -0.493 e. The predicted octanol–water partition coefficient (Wildman–Crippen LogP) is 5.97. The van der Waals surface area contributed by atoms with Crippen molar-refractivity contribution in [1.82, 2.24) is 0 Å². The second kappa shape index (κ2) is 10.6. The molecule has 0 saturated carbocycles. The van der Waals surface area contributed by atoms with E-state index in [1.807, 2.05) is 66.0 Å². The number of rotatable bonds is 9. The fraction of sp³-hybridized carbons (Fsp3) is 0.393. The second-order valence-electron chi connectivity index (χ2n) is 9.49. The summed E-state index contributed by atoms with van der Waals surface area (Å²) in [5.74, 6) is 1.41. The maximum absolute atomic E-state index is 13.4. The Balaban J connectivity index is 1.20. The Morgan fingerprint density at radius 2 is 1.71 bits per heavy atom. The molecule has 1 aromatic heterocycles. The third kappa shape index (κ3) is 5.45. The van der Waals surface area contributed by atoms with Crippen LogP contribution >= 0.6 is 11.3 Å². The van der Waals surface area contributed by atoms with Gasteiger partial charge in [0.05, 0.1) is 32.8 Å². The number of thiophene rings is 1. The number of quaternary nitrogens is 1. The van der Waals surface area contributed by atoms with Crippen molar-refractivity contribution in [2.24, 2.45) is 5.92 Å². The number of carbonyl (C=O) groups excluding carboxylic acids is 1. The lowest BCUT2D eigenvalue weighted by atomic mass is 9.83. The van der Waals surface area contributed by atoms with Crippen LogP contribution in [-0.4, -0.2) is 49.5 Å². The van der Waals surface area contributed by atoms with Crippen molar-refractivity contribution >= 4 is 22.4 Å². The van der Waals surface area contributed by atoms with E-state index in [1.54, 1.807) is 16.2 Å². The summed E-state index contributed by atoms with van der Waals surface area (Å²) in [4.78, 5) is 15.2. The lowest BCUT2D eigenvalue weighted by Crippen LogP contribution is -2.65. The van der Waals surface area contributed by atoms with Crippen LogP contribution in [0, 0.1) is 5.92 Å². The van der Waals surface area contributed by atoms with Gasteiger partial charge in [-0.05, 0) is 35.2 Å². The molecule has 0 unspecified atom stereocenters. The van der Waals surface area contributed by atoms with E-state index in [4.69, 9.17) is 9.47 Å². The van der Waals surface area contributed by atoms with Crippen LogP contribution in [0.15, 0.2) is 78.2 Å². The normalized spacial score (nSPS) is 23.4. The Hall–Kier alpha value is -2.83. The molecule has 2 aromatic carbocycles. The summed E-state index contributed by atoms with van der Waals surface area (Å²) >= 11 is 1.57. The molecule has 0 aliphatic carbocycles. The molecule has 3 saturated heterocycles. The van der Waals surface area contributed by atoms with Crippen molar-refractivity contribution in [3.05, 3.63) is 83.7 Å². The van der Waals surface area contributed by atoms with E-state index in [2.05, 4.69) is 12.1 Å². The van der Waals surface area contributed by atoms with Gasteiger partial charge in [-0.2, -0.15) is 0 Å². The number of amides is 1. The average Bonchev–Trinajstić information content (AvgIpc) is 3.42. The van der Waals surface area contributed by atoms with Gasteiger partial charge in [0.2, 0.25) is 0 Å². The van der Waals surface area contributed by atoms with Gasteiger partial charge in [-0.3, -0.25) is 4.90 Å². The molecule has 3 fully saturated rings. The Morgan fingerprint density at radius 3 is 2.41 bits per heavy atom. The number of nitrogens with zero attached hydrogens (tertiary/aromatic N) is 2. The van der Waals surface area contributed by atoms with E-state index in [0.29, 0.717) is 12.5 Å². The molecule has 5 nitrogen and oxygen atoms in total. The molecule has 2 bridgehead atoms. The summed E-state index contributed by atoms with van der Waals surface area (Å²) in [5, 5.41) is 2.93. The smallest absolute Gasteiger partial charge is 0.415 e. The maximum Gasteiger partial charge on any atom is 0.415 e. The number of piperidine rings is 3. The van der Waals surface area contributed by atoms with Crippen LogP contribution in [0.5, 0.6) is 5.75 Å². The molecule has 3 aliphatic heterocycles. The van der Waals surface area contributed by atoms with Crippen LogP contribution in [-0.2, 0) is 11.3 Å². The van der Waals surface area contributed by atoms with E-state index in [0.717, 1.165) is 59.8 Å². The van der Waals surface area contributed by atoms with Crippen molar-refractivity contribution in [2.45, 2.75) is 31.9 Å². The Kier molecular flexibility index (Phi) is 7.16. The van der Waals surface area contributed by atoms with Crippen LogP contribution in [0.1, 0.15) is 24.8 Å². The fourth-order valence-corrected chi connectivity index (χ4v) is 6.11. The molecule has 0 radical (unpaired) electrons. The van der Waals surface area contributed by atoms with Crippen LogP contribution in [0.2, 0.25) is 0 Å². The number of ether oxygens (including phenoxy) is 2. The lowest BCUT2D eigenvalue weighted by molar-refractivity contribution is -0.946. The van der Waals surface area contributed by atoms with Gasteiger partial charge in [-0.15, -0.1) is 11.3 Å². The van der Waals surface area contributed by atoms with Gasteiger partial charge in [-0.25, -0.2) is 4.79 Å². The molecule has 1 amide bonds. The standard InChI is InChI=1S/C28H33N2O3S/c31-28(29(27-13-7-20-34-27)21-23-9-3-1-4-10-23)33-26-22-30(17-14-24(26)15-18-30)16-8-19-32-25-11-5-2-6-12-25/h1-7,9-13,20,24,26H,8,14-19,21-22H2/q+1/t24?,26-,30?/m0/s1. The van der Waals surface area contributed by atoms with Crippen LogP contribution in [0.4, 0.5) is 9.80 Å². The highest BCUT2D eigenvalue weighted by atomic mass is 32.1. The van der Waals surface area contributed by atoms with Gasteiger partial charge < -0.3 is 14.0 Å². The molecule has 6 heteroatoms. The highest BCUT2D eigenvalue weighted by Crippen LogP contribution is 2.36. The van der Waals surface area contributed by atoms with Gasteiger partial charge >= 0.3 is 6.09 Å². The van der Waals surface area contributed by atoms with Crippen molar-refractivity contribution < 1.29 is 18.8 Å². The average molecular weight is 478 g/mol. The highest BCUT2D eigenvalue weighted by Gasteiger charge is 2.47. The molecular weight excluding hydrogens is 444 g/mol. The fourth-order valence-electron chi connectivity index (χ4n) is 5.39. The lowest BCUT2D eigenvalue weighted by Gasteiger charge is -2.52. The first-order chi connectivity index (χ1) is 16.7. The number of hydrogen-bond acceptors (Lipinski definition) is 4. The minimum atomic E-state index is -0.226. The third-order valence-corrected chi connectivity index (χ3v) is 8.15. The number of hydrogen-bond donors (Lipinski definition) is 0. The van der Waals surface area contributed by atoms with E-state index < -0.39 is 0 Å². The molecule has 3 aromatic rings. The van der Waals surface area contributed by atoms with Crippen LogP contribution in [0.25, 0.3) is 0 Å². The first-order valence-electron chi connectivity index (χ1n) is 12.3. The molecule has 6 rings (SSSR count). The molecule has 4 heterocycles. The zero-order valence-corrected chi connectivity index (χ0v) is 20.4. The third-order valence-electron chi connectivity index (χ3n) is 7.26. The zero-order chi connectivity index (χ0) is 23.2. The monoisotopic (exact) mass is 477 g/mol. The molecule has 3 aliphatic rings. The largest absolute Gasteiger partial charge is 0.493 e. The first-order valence-corrected chi connectivity index (χ1v) is 13.2. The highest BCUT2D eigenvalue weighted by molar-refractivity contribution is 7.14. The summed E-state index contributed by atoms with van der Waals surface area (Å²) < 4.78 is 13.2. The number of fused-ring (bicyclic) bond motifs is 3. The number of carbonyl (C=O) groups is 1. The summed E-state index contributed by atoms with van der Waals surface area (Å²) in [5.41, 5.74) is 1.10. The Labute approximate surface area is 206 Å². The molecular formula is C28H33N2O3S+. The predicted molar refractivity (Wildman–Crippen MR) is 136 cm³/mol. The van der Waals surface area contributed by atoms with Gasteiger partial charge in [-0.1, -0.05) is 48.5 Å². The quantitative estimate of drug-likeness (QED) is 0.282. The van der Waals surface area contributed by atoms with Crippen molar-refractivity contribution in [3.63, 3.8) is 0 Å². The molecule has 0 spiro atoms.